The van der Waals surface area contributed by atoms with Gasteiger partial charge in [-0.25, -0.2) is 50.9 Å². The van der Waals surface area contributed by atoms with Gasteiger partial charge in [-0.1, -0.05) is 108 Å². The van der Waals surface area contributed by atoms with Crippen LogP contribution in [0.15, 0.2) is 151 Å². The van der Waals surface area contributed by atoms with E-state index in [1.807, 2.05) is 74.5 Å². The van der Waals surface area contributed by atoms with Crippen molar-refractivity contribution in [2.24, 2.45) is 0 Å². The van der Waals surface area contributed by atoms with Gasteiger partial charge in [-0.2, -0.15) is 0 Å². The fourth-order valence-electron chi connectivity index (χ4n) is 8.84. The smallest absolute Gasteiger partial charge is 0.322 e. The van der Waals surface area contributed by atoms with E-state index in [-0.39, 0.29) is 31.9 Å². The molecule has 3 atom stereocenters. The van der Waals surface area contributed by atoms with E-state index in [2.05, 4.69) is 36.2 Å². The molecule has 3 heterocycles. The number of anilines is 3. The molecule has 0 aliphatic rings. The molecule has 88 heavy (non-hydrogen) atoms. The SMILES string of the molecule is CC(c1cc2ccccc2c(C(=O)N(C)C)n1)N(C)C(=O)Nc1ccc(F)c(Cl)c1.CC(c1cnc(S(C)(=O)=O)c2ccccc12)N(C)C(=O)Nc1ccc(F)c(Cl)c1.CNC(=O)c1nc(C(C)N(C)C(=O)Nc2ccc(F)c(Cl)c2)cc2ccccc12. The maximum absolute atomic E-state index is 13.3. The fourth-order valence-corrected chi connectivity index (χ4v) is 10.2. The quantitative estimate of drug-likeness (QED) is 0.0906. The predicted molar refractivity (Wildman–Crippen MR) is 340 cm³/mol. The Balaban J connectivity index is 0.000000188. The number of nitrogens with zero attached hydrogens (tertiary/aromatic N) is 7. The van der Waals surface area contributed by atoms with Crippen LogP contribution in [0.3, 0.4) is 0 Å². The number of rotatable bonds is 12. The normalized spacial score (nSPS) is 12.0. The van der Waals surface area contributed by atoms with Gasteiger partial charge in [0, 0.05) is 93.5 Å². The average Bonchev–Trinajstić information content (AvgIpc) is 1.56. The summed E-state index contributed by atoms with van der Waals surface area (Å²) in [7, 11) is 6.21. The lowest BCUT2D eigenvalue weighted by Crippen LogP contribution is -2.34. The maximum Gasteiger partial charge on any atom is 0.322 e. The molecule has 6 aromatic carbocycles. The Kier molecular flexibility index (Phi) is 21.6. The molecule has 25 heteroatoms. The van der Waals surface area contributed by atoms with Crippen LogP contribution >= 0.6 is 34.8 Å². The number of sulfone groups is 1. The van der Waals surface area contributed by atoms with Gasteiger partial charge in [-0.05, 0) is 104 Å². The van der Waals surface area contributed by atoms with E-state index in [1.54, 1.807) is 73.5 Å². The van der Waals surface area contributed by atoms with Gasteiger partial charge in [0.15, 0.2) is 14.9 Å². The number of urea groups is 3. The number of nitrogens with one attached hydrogen (secondary N) is 4. The van der Waals surface area contributed by atoms with Crippen LogP contribution in [0, 0.1) is 17.5 Å². The van der Waals surface area contributed by atoms with E-state index in [0.717, 1.165) is 27.8 Å². The molecule has 18 nitrogen and oxygen atoms in total. The van der Waals surface area contributed by atoms with Crippen LogP contribution in [0.25, 0.3) is 32.3 Å². The van der Waals surface area contributed by atoms with Gasteiger partial charge >= 0.3 is 18.1 Å². The molecule has 0 fully saturated rings. The van der Waals surface area contributed by atoms with Crippen molar-refractivity contribution in [1.29, 1.82) is 0 Å². The first-order chi connectivity index (χ1) is 41.6. The minimum Gasteiger partial charge on any atom is -0.354 e. The molecule has 3 unspecified atom stereocenters. The summed E-state index contributed by atoms with van der Waals surface area (Å²) >= 11 is 17.3. The molecule has 458 valence electrons. The molecule has 9 rings (SSSR count). The zero-order valence-corrected chi connectivity index (χ0v) is 52.3. The largest absolute Gasteiger partial charge is 0.354 e. The first-order valence-electron chi connectivity index (χ1n) is 26.9. The Labute approximate surface area is 521 Å². The molecule has 8 amide bonds. The zero-order chi connectivity index (χ0) is 64.5. The first kappa shape index (κ1) is 66.4. The highest BCUT2D eigenvalue weighted by atomic mass is 35.5. The third kappa shape index (κ3) is 15.7. The van der Waals surface area contributed by atoms with E-state index in [0.29, 0.717) is 56.2 Å². The summed E-state index contributed by atoms with van der Waals surface area (Å²) in [5.74, 6) is -2.21. The van der Waals surface area contributed by atoms with Crippen molar-refractivity contribution in [1.82, 2.24) is 39.9 Å². The molecule has 3 aromatic heterocycles. The van der Waals surface area contributed by atoms with Crippen molar-refractivity contribution in [2.75, 3.05) is 64.5 Å². The third-order valence-corrected chi connectivity index (χ3v) is 16.1. The Morgan fingerprint density at radius 3 is 1.25 bits per heavy atom. The van der Waals surface area contributed by atoms with Crippen LogP contribution in [0.4, 0.5) is 44.6 Å². The lowest BCUT2D eigenvalue weighted by molar-refractivity contribution is 0.0823. The van der Waals surface area contributed by atoms with Crippen LogP contribution < -0.4 is 21.3 Å². The van der Waals surface area contributed by atoms with Gasteiger partial charge in [-0.3, -0.25) is 9.59 Å². The minimum atomic E-state index is -3.50. The van der Waals surface area contributed by atoms with Crippen LogP contribution in [0.1, 0.15) is 76.8 Å². The van der Waals surface area contributed by atoms with Gasteiger partial charge in [0.05, 0.1) is 44.6 Å². The van der Waals surface area contributed by atoms with Gasteiger partial charge < -0.3 is 40.9 Å². The number of pyridine rings is 3. The molecular weight excluding hydrogens is 1220 g/mol. The van der Waals surface area contributed by atoms with Crippen molar-refractivity contribution in [3.63, 3.8) is 0 Å². The lowest BCUT2D eigenvalue weighted by atomic mass is 10.0. The van der Waals surface area contributed by atoms with Crippen molar-refractivity contribution in [3.05, 3.63) is 207 Å². The number of carbonyl (C=O) groups is 5. The Bertz CT molecular complexity index is 4260. The number of fused-ring (bicyclic) bond motifs is 3. The number of benzene rings is 6. The fraction of sp³-hybridized carbons (Fsp3) is 0.206. The van der Waals surface area contributed by atoms with E-state index >= 15 is 0 Å². The van der Waals surface area contributed by atoms with Crippen molar-refractivity contribution in [2.45, 2.75) is 43.9 Å². The summed E-state index contributed by atoms with van der Waals surface area (Å²) in [6.45, 7) is 5.43. The second kappa shape index (κ2) is 28.6. The Morgan fingerprint density at radius 1 is 0.500 bits per heavy atom. The molecular formula is C63H61Cl3F3N11O7S. The number of halogens is 6. The number of carbonyl (C=O) groups excluding carboxylic acids is 5. The molecule has 0 radical (unpaired) electrons. The van der Waals surface area contributed by atoms with Gasteiger partial charge in [0.1, 0.15) is 28.8 Å². The summed E-state index contributed by atoms with van der Waals surface area (Å²) in [5.41, 5.74) is 3.58. The minimum absolute atomic E-state index is 0.00268. The van der Waals surface area contributed by atoms with Gasteiger partial charge in [-0.15, -0.1) is 0 Å². The highest BCUT2D eigenvalue weighted by Gasteiger charge is 2.26. The van der Waals surface area contributed by atoms with Crippen LogP contribution in [-0.2, 0) is 9.84 Å². The van der Waals surface area contributed by atoms with E-state index in [4.69, 9.17) is 34.8 Å². The lowest BCUT2D eigenvalue weighted by Gasteiger charge is -2.26. The Hall–Kier alpha value is -9.09. The number of amides is 8. The topological polar surface area (TPSA) is 219 Å². The van der Waals surface area contributed by atoms with E-state index in [9.17, 15) is 45.6 Å². The van der Waals surface area contributed by atoms with Gasteiger partial charge in [0.2, 0.25) is 0 Å². The molecule has 0 aliphatic carbocycles. The van der Waals surface area contributed by atoms with Crippen molar-refractivity contribution < 1.29 is 45.6 Å². The molecule has 0 aliphatic heterocycles. The zero-order valence-electron chi connectivity index (χ0n) is 49.3. The molecule has 4 N–H and O–H groups in total. The molecule has 0 spiro atoms. The molecule has 9 aromatic rings. The second-order valence-electron chi connectivity index (χ2n) is 20.4. The Morgan fingerprint density at radius 2 is 0.864 bits per heavy atom. The van der Waals surface area contributed by atoms with Crippen LogP contribution in [-0.4, -0.2) is 121 Å². The van der Waals surface area contributed by atoms with Crippen molar-refractivity contribution >= 4 is 124 Å². The number of aromatic nitrogens is 3. The molecule has 0 saturated carbocycles. The van der Waals surface area contributed by atoms with Crippen LogP contribution in [0.2, 0.25) is 15.1 Å². The number of hydrogen-bond acceptors (Lipinski definition) is 10. The highest BCUT2D eigenvalue weighted by Crippen LogP contribution is 2.32. The summed E-state index contributed by atoms with van der Waals surface area (Å²) in [5, 5.41) is 14.8. The van der Waals surface area contributed by atoms with Crippen LogP contribution in [0.5, 0.6) is 0 Å². The van der Waals surface area contributed by atoms with Gasteiger partial charge in [0.25, 0.3) is 11.8 Å². The average molecular weight is 1280 g/mol. The third-order valence-electron chi connectivity index (χ3n) is 14.2. The first-order valence-corrected chi connectivity index (χ1v) is 29.9. The highest BCUT2D eigenvalue weighted by molar-refractivity contribution is 7.90. The molecule has 0 saturated heterocycles. The summed E-state index contributed by atoms with van der Waals surface area (Å²) in [6, 6.07) is 34.9. The van der Waals surface area contributed by atoms with Crippen molar-refractivity contribution in [3.8, 4) is 0 Å². The monoisotopic (exact) mass is 1280 g/mol. The number of hydrogen-bond donors (Lipinski definition) is 4. The second-order valence-corrected chi connectivity index (χ2v) is 23.5. The summed E-state index contributed by atoms with van der Waals surface area (Å²) in [6.07, 6.45) is 2.58. The van der Waals surface area contributed by atoms with E-state index in [1.165, 1.54) is 80.4 Å². The predicted octanol–water partition coefficient (Wildman–Crippen LogP) is 14.2. The summed E-state index contributed by atoms with van der Waals surface area (Å²) < 4.78 is 64.1. The van der Waals surface area contributed by atoms with E-state index < -0.39 is 63.5 Å². The molecule has 0 bridgehead atoms. The standard InChI is InChI=1S/C22H22ClFN4O2.C21H20ClFN4O2.C20H19ClFN3O3S/c1-13(28(4)22(30)25-15-9-10-18(24)17(23)12-15)19-11-14-7-5-6-8-16(14)20(26-19)21(29)27(2)3;1-12(27(3)21(29)25-14-8-9-17(23)16(22)11-14)18-10-13-6-4-5-7-15(13)19(26-18)20(28)24-2;1-12(25(2)20(26)24-13-8-9-18(22)17(21)10-13)16-11-23-19(29(3,27)28)15-7-5-4-6-14(15)16/h5-13H,1-4H3,(H,25,30);4-12H,1-3H3,(H,24,28)(H,25,29);4-12H,1-3H3,(H,24,26). The summed E-state index contributed by atoms with van der Waals surface area (Å²) in [4.78, 5) is 82.0. The maximum atomic E-state index is 13.3.